The van der Waals surface area contributed by atoms with E-state index in [0.29, 0.717) is 0 Å². The highest BCUT2D eigenvalue weighted by Gasteiger charge is 2.07. The summed E-state index contributed by atoms with van der Waals surface area (Å²) in [6.45, 7) is 2.08. The van der Waals surface area contributed by atoms with Crippen molar-refractivity contribution in [1.82, 2.24) is 4.90 Å². The fourth-order valence-corrected chi connectivity index (χ4v) is 2.75. The number of hydrogen-bond acceptors (Lipinski definition) is 2. The van der Waals surface area contributed by atoms with Gasteiger partial charge in [-0.25, -0.2) is 0 Å². The minimum atomic E-state index is 0. The average molecular weight is 315 g/mol. The van der Waals surface area contributed by atoms with Crippen molar-refractivity contribution in [3.8, 4) is 0 Å². The van der Waals surface area contributed by atoms with Crippen LogP contribution >= 0.6 is 12.4 Å². The van der Waals surface area contributed by atoms with Crippen LogP contribution in [0, 0.1) is 0 Å². The zero-order valence-electron chi connectivity index (χ0n) is 13.4. The smallest absolute Gasteiger partial charge is 0.0443 e. The van der Waals surface area contributed by atoms with Gasteiger partial charge in [0.05, 0.1) is 0 Å². The van der Waals surface area contributed by atoms with E-state index < -0.39 is 0 Å². The van der Waals surface area contributed by atoms with Crippen LogP contribution < -0.4 is 4.90 Å². The van der Waals surface area contributed by atoms with Gasteiger partial charge in [0, 0.05) is 31.2 Å². The van der Waals surface area contributed by atoms with E-state index in [0.717, 1.165) is 13.1 Å². The molecular weight excluding hydrogens is 292 g/mol. The Balaban J connectivity index is 0.00000176. The molecule has 0 unspecified atom stereocenters. The third kappa shape index (κ3) is 3.34. The van der Waals surface area contributed by atoms with Gasteiger partial charge in [-0.3, -0.25) is 0 Å². The number of fused-ring (bicyclic) bond motifs is 2. The molecule has 0 atom stereocenters. The Hall–Kier alpha value is -1.77. The molecule has 3 aromatic carbocycles. The fraction of sp³-hybridized carbons (Fsp3) is 0.263. The lowest BCUT2D eigenvalue weighted by atomic mass is 10.0. The van der Waals surface area contributed by atoms with Crippen LogP contribution in [0.2, 0.25) is 0 Å². The number of anilines is 1. The van der Waals surface area contributed by atoms with Crippen LogP contribution in [0.4, 0.5) is 5.69 Å². The first-order valence-corrected chi connectivity index (χ1v) is 7.42. The molecule has 0 aliphatic heterocycles. The predicted octanol–water partition coefficient (Wildman–Crippen LogP) is 4.41. The van der Waals surface area contributed by atoms with Crippen LogP contribution in [0.1, 0.15) is 0 Å². The lowest BCUT2D eigenvalue weighted by Gasteiger charge is -2.23. The summed E-state index contributed by atoms with van der Waals surface area (Å²) in [6.07, 6.45) is 0. The van der Waals surface area contributed by atoms with Crippen molar-refractivity contribution in [1.29, 1.82) is 0 Å². The van der Waals surface area contributed by atoms with E-state index >= 15 is 0 Å². The average Bonchev–Trinajstić information content (AvgIpc) is 2.50. The van der Waals surface area contributed by atoms with Crippen LogP contribution in [0.3, 0.4) is 0 Å². The molecule has 0 aliphatic rings. The van der Waals surface area contributed by atoms with Crippen LogP contribution in [0.15, 0.2) is 54.6 Å². The maximum absolute atomic E-state index is 2.34. The Bertz CT molecular complexity index is 768. The Morgan fingerprint density at radius 2 is 1.36 bits per heavy atom. The molecule has 0 bridgehead atoms. The summed E-state index contributed by atoms with van der Waals surface area (Å²) in [5.41, 5.74) is 1.31. The number of halogens is 1. The zero-order valence-corrected chi connectivity index (χ0v) is 14.2. The van der Waals surface area contributed by atoms with E-state index in [-0.39, 0.29) is 12.4 Å². The van der Waals surface area contributed by atoms with E-state index in [1.807, 2.05) is 0 Å². The summed E-state index contributed by atoms with van der Waals surface area (Å²) >= 11 is 0. The Kier molecular flexibility index (Phi) is 5.28. The lowest BCUT2D eigenvalue weighted by Crippen LogP contribution is -2.28. The molecule has 0 fully saturated rings. The summed E-state index contributed by atoms with van der Waals surface area (Å²) in [6, 6.07) is 19.7. The van der Waals surface area contributed by atoms with Crippen molar-refractivity contribution in [3.63, 3.8) is 0 Å². The van der Waals surface area contributed by atoms with Gasteiger partial charge >= 0.3 is 0 Å². The van der Waals surface area contributed by atoms with Crippen LogP contribution in [0.5, 0.6) is 0 Å². The molecule has 0 N–H and O–H groups in total. The third-order valence-corrected chi connectivity index (χ3v) is 4.02. The molecule has 0 aliphatic carbocycles. The van der Waals surface area contributed by atoms with Crippen molar-refractivity contribution >= 4 is 39.6 Å². The van der Waals surface area contributed by atoms with Gasteiger partial charge < -0.3 is 9.80 Å². The fourth-order valence-electron chi connectivity index (χ4n) is 2.75. The Labute approximate surface area is 138 Å². The summed E-state index contributed by atoms with van der Waals surface area (Å²) in [5, 5.41) is 5.25. The van der Waals surface area contributed by atoms with Gasteiger partial charge in [-0.1, -0.05) is 36.4 Å². The van der Waals surface area contributed by atoms with Crippen molar-refractivity contribution in [2.75, 3.05) is 39.1 Å². The van der Waals surface area contributed by atoms with E-state index in [9.17, 15) is 0 Å². The van der Waals surface area contributed by atoms with Gasteiger partial charge in [0.1, 0.15) is 0 Å². The standard InChI is InChI=1S/C19H22N2.ClH/c1-20(2)11-12-21(3)19-10-6-9-17-13-15-7-4-5-8-16(15)14-18(17)19;/h4-10,13-14H,11-12H2,1-3H3;1H. The van der Waals surface area contributed by atoms with Gasteiger partial charge in [-0.2, -0.15) is 0 Å². The maximum atomic E-state index is 2.34. The predicted molar refractivity (Wildman–Crippen MR) is 101 cm³/mol. The van der Waals surface area contributed by atoms with E-state index in [4.69, 9.17) is 0 Å². The number of nitrogens with zero attached hydrogens (tertiary/aromatic N) is 2. The Morgan fingerprint density at radius 1 is 0.727 bits per heavy atom. The molecule has 2 nitrogen and oxygen atoms in total. The summed E-state index contributed by atoms with van der Waals surface area (Å²) < 4.78 is 0. The largest absolute Gasteiger partial charge is 0.373 e. The highest BCUT2D eigenvalue weighted by molar-refractivity contribution is 6.03. The van der Waals surface area contributed by atoms with Crippen molar-refractivity contribution < 1.29 is 0 Å². The first kappa shape index (κ1) is 16.6. The van der Waals surface area contributed by atoms with Crippen molar-refractivity contribution in [2.24, 2.45) is 0 Å². The van der Waals surface area contributed by atoms with Gasteiger partial charge in [-0.05, 0) is 48.5 Å². The monoisotopic (exact) mass is 314 g/mol. The first-order chi connectivity index (χ1) is 10.1. The highest BCUT2D eigenvalue weighted by Crippen LogP contribution is 2.30. The van der Waals surface area contributed by atoms with Crippen molar-refractivity contribution in [2.45, 2.75) is 0 Å². The van der Waals surface area contributed by atoms with Crippen LogP contribution in [0.25, 0.3) is 21.5 Å². The number of rotatable bonds is 4. The molecule has 0 amide bonds. The molecular formula is C19H23ClN2. The minimum Gasteiger partial charge on any atom is -0.373 e. The lowest BCUT2D eigenvalue weighted by molar-refractivity contribution is 0.416. The van der Waals surface area contributed by atoms with Crippen molar-refractivity contribution in [3.05, 3.63) is 54.6 Å². The second kappa shape index (κ2) is 6.99. The highest BCUT2D eigenvalue weighted by atomic mass is 35.5. The molecule has 3 heteroatoms. The SMILES string of the molecule is CN(C)CCN(C)c1cccc2cc3ccccc3cc12.Cl. The molecule has 0 spiro atoms. The number of hydrogen-bond donors (Lipinski definition) is 0. The quantitative estimate of drug-likeness (QED) is 0.658. The van der Waals surface area contributed by atoms with E-state index in [2.05, 4.69) is 85.5 Å². The van der Waals surface area contributed by atoms with Gasteiger partial charge in [0.2, 0.25) is 0 Å². The topological polar surface area (TPSA) is 6.48 Å². The molecule has 116 valence electrons. The molecule has 0 saturated carbocycles. The number of benzene rings is 3. The van der Waals surface area contributed by atoms with Crippen LogP contribution in [-0.2, 0) is 0 Å². The van der Waals surface area contributed by atoms with E-state index in [1.54, 1.807) is 0 Å². The molecule has 0 heterocycles. The maximum Gasteiger partial charge on any atom is 0.0443 e. The minimum absolute atomic E-state index is 0. The van der Waals surface area contributed by atoms with E-state index in [1.165, 1.54) is 27.2 Å². The van der Waals surface area contributed by atoms with Gasteiger partial charge in [0.25, 0.3) is 0 Å². The third-order valence-electron chi connectivity index (χ3n) is 4.02. The summed E-state index contributed by atoms with van der Waals surface area (Å²) in [5.74, 6) is 0. The molecule has 22 heavy (non-hydrogen) atoms. The molecule has 0 radical (unpaired) electrons. The van der Waals surface area contributed by atoms with Gasteiger partial charge in [0.15, 0.2) is 0 Å². The number of likely N-dealkylation sites (N-methyl/N-ethyl adjacent to an activating group) is 2. The zero-order chi connectivity index (χ0) is 14.8. The summed E-state index contributed by atoms with van der Waals surface area (Å²) in [7, 11) is 6.41. The summed E-state index contributed by atoms with van der Waals surface area (Å²) in [4.78, 5) is 4.56. The second-order valence-corrected chi connectivity index (χ2v) is 5.92. The second-order valence-electron chi connectivity index (χ2n) is 5.92. The van der Waals surface area contributed by atoms with Crippen LogP contribution in [-0.4, -0.2) is 39.1 Å². The molecule has 3 rings (SSSR count). The van der Waals surface area contributed by atoms with Gasteiger partial charge in [-0.15, -0.1) is 12.4 Å². The Morgan fingerprint density at radius 3 is 2.05 bits per heavy atom. The molecule has 0 saturated heterocycles. The first-order valence-electron chi connectivity index (χ1n) is 7.42. The molecule has 3 aromatic rings. The normalized spacial score (nSPS) is 10.9. The molecule has 0 aromatic heterocycles.